The highest BCUT2D eigenvalue weighted by atomic mass is 35.5. The zero-order valence-electron chi connectivity index (χ0n) is 12.7. The Bertz CT molecular complexity index is 813. The van der Waals surface area contributed by atoms with E-state index in [9.17, 15) is 4.79 Å². The Morgan fingerprint density at radius 3 is 2.87 bits per heavy atom. The molecule has 0 aliphatic heterocycles. The molecule has 0 unspecified atom stereocenters. The van der Waals surface area contributed by atoms with Gasteiger partial charge in [0, 0.05) is 24.5 Å². The molecule has 1 heterocycles. The van der Waals surface area contributed by atoms with Gasteiger partial charge in [0.25, 0.3) is 0 Å². The minimum atomic E-state index is 0.657. The van der Waals surface area contributed by atoms with Crippen LogP contribution in [-0.2, 0) is 17.8 Å². The first kappa shape index (κ1) is 15.6. The summed E-state index contributed by atoms with van der Waals surface area (Å²) < 4.78 is 2.22. The van der Waals surface area contributed by atoms with Gasteiger partial charge in [-0.3, -0.25) is 4.79 Å². The molecule has 0 radical (unpaired) electrons. The van der Waals surface area contributed by atoms with Gasteiger partial charge in [0.15, 0.2) is 0 Å². The molecule has 0 saturated heterocycles. The summed E-state index contributed by atoms with van der Waals surface area (Å²) in [5, 5.41) is 3.43. The van der Waals surface area contributed by atoms with Gasteiger partial charge in [0.2, 0.25) is 6.41 Å². The number of amides is 1. The molecular weight excluding hydrogens is 310 g/mol. The predicted octanol–water partition coefficient (Wildman–Crippen LogP) is 3.42. The van der Waals surface area contributed by atoms with E-state index in [1.165, 1.54) is 0 Å². The zero-order valence-corrected chi connectivity index (χ0v) is 13.5. The largest absolute Gasteiger partial charge is 0.359 e. The van der Waals surface area contributed by atoms with Crippen molar-refractivity contribution in [2.75, 3.05) is 6.54 Å². The number of carbonyl (C=O) groups excluding carboxylic acids is 1. The van der Waals surface area contributed by atoms with Crippen LogP contribution in [0.25, 0.3) is 11.0 Å². The van der Waals surface area contributed by atoms with Crippen molar-refractivity contribution in [2.24, 2.45) is 0 Å². The van der Waals surface area contributed by atoms with Gasteiger partial charge in [-0.15, -0.1) is 0 Å². The zero-order chi connectivity index (χ0) is 16.1. The highest BCUT2D eigenvalue weighted by Crippen LogP contribution is 2.20. The molecular formula is C18H18ClN3O. The summed E-state index contributed by atoms with van der Waals surface area (Å²) in [5.74, 6) is 1.03. The quantitative estimate of drug-likeness (QED) is 0.534. The van der Waals surface area contributed by atoms with Crippen LogP contribution in [-0.4, -0.2) is 22.5 Å². The Kier molecular flexibility index (Phi) is 4.93. The van der Waals surface area contributed by atoms with Crippen molar-refractivity contribution in [3.05, 3.63) is 64.9 Å². The molecule has 4 nitrogen and oxygen atoms in total. The summed E-state index contributed by atoms with van der Waals surface area (Å²) in [6, 6.07) is 16.0. The number of hydrogen-bond acceptors (Lipinski definition) is 2. The maximum absolute atomic E-state index is 10.4. The summed E-state index contributed by atoms with van der Waals surface area (Å²) in [6.07, 6.45) is 2.41. The summed E-state index contributed by atoms with van der Waals surface area (Å²) >= 11 is 6.10. The van der Waals surface area contributed by atoms with E-state index in [2.05, 4.69) is 22.0 Å². The Balaban J connectivity index is 1.90. The monoisotopic (exact) mass is 327 g/mol. The molecule has 0 bridgehead atoms. The third kappa shape index (κ3) is 3.71. The van der Waals surface area contributed by atoms with Crippen LogP contribution in [0.5, 0.6) is 0 Å². The molecule has 0 aliphatic carbocycles. The average Bonchev–Trinajstić information content (AvgIpc) is 2.90. The first-order valence-electron chi connectivity index (χ1n) is 7.63. The van der Waals surface area contributed by atoms with Crippen molar-refractivity contribution < 1.29 is 4.79 Å². The molecule has 118 valence electrons. The van der Waals surface area contributed by atoms with Crippen LogP contribution in [0.4, 0.5) is 0 Å². The lowest BCUT2D eigenvalue weighted by molar-refractivity contribution is -0.109. The first-order chi connectivity index (χ1) is 11.3. The van der Waals surface area contributed by atoms with Gasteiger partial charge in [-0.1, -0.05) is 35.9 Å². The number of para-hydroxylation sites is 2. The molecule has 1 aromatic heterocycles. The number of nitrogens with one attached hydrogen (secondary N) is 1. The molecule has 2 aromatic carbocycles. The fourth-order valence-electron chi connectivity index (χ4n) is 2.72. The molecule has 1 amide bonds. The normalized spacial score (nSPS) is 10.8. The lowest BCUT2D eigenvalue weighted by Crippen LogP contribution is -2.14. The number of benzene rings is 2. The average molecular weight is 328 g/mol. The molecule has 3 rings (SSSR count). The van der Waals surface area contributed by atoms with Crippen molar-refractivity contribution in [3.8, 4) is 0 Å². The van der Waals surface area contributed by atoms with Crippen LogP contribution in [0.3, 0.4) is 0 Å². The molecule has 5 heteroatoms. The van der Waals surface area contributed by atoms with Crippen molar-refractivity contribution in [1.29, 1.82) is 0 Å². The highest BCUT2D eigenvalue weighted by Gasteiger charge is 2.10. The Hall–Kier alpha value is -2.33. The van der Waals surface area contributed by atoms with E-state index in [1.807, 2.05) is 36.4 Å². The summed E-state index contributed by atoms with van der Waals surface area (Å²) in [6.45, 7) is 1.39. The second-order valence-corrected chi connectivity index (χ2v) is 5.84. The fraction of sp³-hybridized carbons (Fsp3) is 0.222. The van der Waals surface area contributed by atoms with E-state index in [0.717, 1.165) is 53.2 Å². The number of aryl methyl sites for hydroxylation is 1. The van der Waals surface area contributed by atoms with E-state index < -0.39 is 0 Å². The molecule has 0 spiro atoms. The van der Waals surface area contributed by atoms with Crippen LogP contribution in [0.1, 0.15) is 17.8 Å². The van der Waals surface area contributed by atoms with Gasteiger partial charge < -0.3 is 9.88 Å². The van der Waals surface area contributed by atoms with Gasteiger partial charge >= 0.3 is 0 Å². The summed E-state index contributed by atoms with van der Waals surface area (Å²) in [5.41, 5.74) is 3.26. The Labute approximate surface area is 140 Å². The van der Waals surface area contributed by atoms with Crippen LogP contribution in [0.15, 0.2) is 48.5 Å². The molecule has 0 atom stereocenters. The number of halogens is 1. The maximum Gasteiger partial charge on any atom is 0.207 e. The number of carbonyl (C=O) groups is 1. The lowest BCUT2D eigenvalue weighted by Gasteiger charge is -2.10. The van der Waals surface area contributed by atoms with Crippen molar-refractivity contribution in [3.63, 3.8) is 0 Å². The van der Waals surface area contributed by atoms with Crippen LogP contribution < -0.4 is 5.32 Å². The minimum Gasteiger partial charge on any atom is -0.359 e. The number of fused-ring (bicyclic) bond motifs is 1. The Morgan fingerprint density at radius 2 is 2.04 bits per heavy atom. The molecule has 0 fully saturated rings. The number of imidazole rings is 1. The minimum absolute atomic E-state index is 0.657. The van der Waals surface area contributed by atoms with Gasteiger partial charge in [0.05, 0.1) is 11.0 Å². The molecule has 0 aliphatic rings. The fourth-order valence-corrected chi connectivity index (χ4v) is 2.93. The number of hydrogen-bond donors (Lipinski definition) is 1. The molecule has 0 saturated carbocycles. The van der Waals surface area contributed by atoms with E-state index in [4.69, 9.17) is 16.6 Å². The second kappa shape index (κ2) is 7.29. The third-order valence-electron chi connectivity index (χ3n) is 3.77. The molecule has 1 N–H and O–H groups in total. The van der Waals surface area contributed by atoms with Gasteiger partial charge in [-0.2, -0.15) is 0 Å². The SMILES string of the molecule is O=CNCCCc1nc2ccccc2n1Cc1cccc(Cl)c1. The van der Waals surface area contributed by atoms with Crippen LogP contribution in [0.2, 0.25) is 5.02 Å². The number of nitrogens with zero attached hydrogens (tertiary/aromatic N) is 2. The second-order valence-electron chi connectivity index (χ2n) is 5.41. The van der Waals surface area contributed by atoms with Crippen LogP contribution >= 0.6 is 11.6 Å². The first-order valence-corrected chi connectivity index (χ1v) is 8.01. The standard InChI is InChI=1S/C18H18ClN3O/c19-15-6-3-5-14(11-15)12-22-17-8-2-1-7-16(17)21-18(22)9-4-10-20-13-23/h1-3,5-8,11,13H,4,9-10,12H2,(H,20,23). The van der Waals surface area contributed by atoms with Crippen LogP contribution in [0, 0.1) is 0 Å². The molecule has 23 heavy (non-hydrogen) atoms. The number of rotatable bonds is 7. The maximum atomic E-state index is 10.4. The topological polar surface area (TPSA) is 46.9 Å². The van der Waals surface area contributed by atoms with E-state index in [0.29, 0.717) is 6.54 Å². The highest BCUT2D eigenvalue weighted by molar-refractivity contribution is 6.30. The number of aromatic nitrogens is 2. The van der Waals surface area contributed by atoms with Gasteiger partial charge in [-0.05, 0) is 36.2 Å². The molecule has 3 aromatic rings. The smallest absolute Gasteiger partial charge is 0.207 e. The van der Waals surface area contributed by atoms with Gasteiger partial charge in [0.1, 0.15) is 5.82 Å². The van der Waals surface area contributed by atoms with Crippen molar-refractivity contribution in [1.82, 2.24) is 14.9 Å². The predicted molar refractivity (Wildman–Crippen MR) is 92.7 cm³/mol. The third-order valence-corrected chi connectivity index (χ3v) is 4.00. The summed E-state index contributed by atoms with van der Waals surface area (Å²) in [4.78, 5) is 15.1. The van der Waals surface area contributed by atoms with Gasteiger partial charge in [-0.25, -0.2) is 4.98 Å². The Morgan fingerprint density at radius 1 is 1.17 bits per heavy atom. The van der Waals surface area contributed by atoms with E-state index in [1.54, 1.807) is 0 Å². The van der Waals surface area contributed by atoms with Crippen molar-refractivity contribution in [2.45, 2.75) is 19.4 Å². The van der Waals surface area contributed by atoms with E-state index >= 15 is 0 Å². The summed E-state index contributed by atoms with van der Waals surface area (Å²) in [7, 11) is 0. The van der Waals surface area contributed by atoms with E-state index in [-0.39, 0.29) is 0 Å². The van der Waals surface area contributed by atoms with Crippen molar-refractivity contribution >= 4 is 29.0 Å². The lowest BCUT2D eigenvalue weighted by atomic mass is 10.2.